The van der Waals surface area contributed by atoms with Crippen LogP contribution in [0.3, 0.4) is 0 Å². The van der Waals surface area contributed by atoms with E-state index in [0.717, 1.165) is 18.5 Å². The molecular formula is C15H18N4O3. The number of H-pyrrole nitrogens is 1. The summed E-state index contributed by atoms with van der Waals surface area (Å²) < 4.78 is 5.16. The van der Waals surface area contributed by atoms with Crippen molar-refractivity contribution in [1.82, 2.24) is 20.0 Å². The van der Waals surface area contributed by atoms with Gasteiger partial charge < -0.3 is 14.4 Å². The Hall–Kier alpha value is -2.44. The Labute approximate surface area is 127 Å². The van der Waals surface area contributed by atoms with Crippen LogP contribution in [-0.2, 0) is 6.42 Å². The summed E-state index contributed by atoms with van der Waals surface area (Å²) in [5.74, 6) is 0.450. The van der Waals surface area contributed by atoms with Crippen LogP contribution in [0.2, 0.25) is 0 Å². The SMILES string of the molecule is CCc1noc(C)c1C(=O)N1CCCC1c1ccnc(=O)[nH]1. The van der Waals surface area contributed by atoms with Crippen LogP contribution in [0.4, 0.5) is 0 Å². The second-order valence-corrected chi connectivity index (χ2v) is 5.40. The van der Waals surface area contributed by atoms with Crippen molar-refractivity contribution in [3.8, 4) is 0 Å². The number of amides is 1. The van der Waals surface area contributed by atoms with Crippen LogP contribution < -0.4 is 5.69 Å². The molecular weight excluding hydrogens is 284 g/mol. The number of aryl methyl sites for hydroxylation is 2. The number of carbonyl (C=O) groups is 1. The Morgan fingerprint density at radius 3 is 3.09 bits per heavy atom. The molecule has 2 aromatic rings. The number of hydrogen-bond acceptors (Lipinski definition) is 5. The molecule has 2 aromatic heterocycles. The van der Waals surface area contributed by atoms with Gasteiger partial charge in [0.25, 0.3) is 5.91 Å². The molecule has 1 unspecified atom stereocenters. The van der Waals surface area contributed by atoms with Crippen molar-refractivity contribution in [3.63, 3.8) is 0 Å². The lowest BCUT2D eigenvalue weighted by molar-refractivity contribution is 0.0730. The van der Waals surface area contributed by atoms with Crippen molar-refractivity contribution in [2.45, 2.75) is 39.2 Å². The average Bonchev–Trinajstić information content (AvgIpc) is 3.13. The molecule has 22 heavy (non-hydrogen) atoms. The smallest absolute Gasteiger partial charge is 0.345 e. The minimum atomic E-state index is -0.396. The minimum absolute atomic E-state index is 0.0873. The maximum atomic E-state index is 12.9. The first-order valence-corrected chi connectivity index (χ1v) is 7.43. The molecule has 116 valence electrons. The maximum Gasteiger partial charge on any atom is 0.345 e. The van der Waals surface area contributed by atoms with E-state index in [1.54, 1.807) is 17.9 Å². The molecule has 0 bridgehead atoms. The van der Waals surface area contributed by atoms with Gasteiger partial charge in [-0.15, -0.1) is 0 Å². The highest BCUT2D eigenvalue weighted by molar-refractivity contribution is 5.96. The van der Waals surface area contributed by atoms with Crippen molar-refractivity contribution in [3.05, 3.63) is 45.5 Å². The van der Waals surface area contributed by atoms with Gasteiger partial charge in [0.05, 0.1) is 11.7 Å². The Morgan fingerprint density at radius 2 is 2.36 bits per heavy atom. The van der Waals surface area contributed by atoms with Crippen molar-refractivity contribution in [2.75, 3.05) is 6.54 Å². The summed E-state index contributed by atoms with van der Waals surface area (Å²) in [4.78, 5) is 32.4. The molecule has 1 saturated heterocycles. The number of nitrogens with zero attached hydrogens (tertiary/aromatic N) is 3. The molecule has 0 spiro atoms. The molecule has 1 N–H and O–H groups in total. The average molecular weight is 302 g/mol. The predicted octanol–water partition coefficient (Wildman–Crippen LogP) is 1.61. The van der Waals surface area contributed by atoms with E-state index in [9.17, 15) is 9.59 Å². The van der Waals surface area contributed by atoms with E-state index in [2.05, 4.69) is 15.1 Å². The lowest BCUT2D eigenvalue weighted by atomic mass is 10.1. The summed E-state index contributed by atoms with van der Waals surface area (Å²) in [6, 6.07) is 1.61. The molecule has 0 saturated carbocycles. The van der Waals surface area contributed by atoms with Gasteiger partial charge in [-0.3, -0.25) is 4.79 Å². The van der Waals surface area contributed by atoms with Gasteiger partial charge in [-0.1, -0.05) is 12.1 Å². The number of aromatic nitrogens is 3. The van der Waals surface area contributed by atoms with Crippen LogP contribution in [0.1, 0.15) is 53.3 Å². The lowest BCUT2D eigenvalue weighted by Crippen LogP contribution is -2.32. The molecule has 1 atom stereocenters. The number of rotatable bonds is 3. The summed E-state index contributed by atoms with van der Waals surface area (Å²) in [6.07, 6.45) is 3.82. The summed E-state index contributed by atoms with van der Waals surface area (Å²) in [5.41, 5.74) is 1.55. The largest absolute Gasteiger partial charge is 0.361 e. The van der Waals surface area contributed by atoms with E-state index in [4.69, 9.17) is 4.52 Å². The van der Waals surface area contributed by atoms with Gasteiger partial charge in [0.1, 0.15) is 11.3 Å². The standard InChI is InChI=1S/C15H18N4O3/c1-3-10-13(9(2)22-18-10)14(20)19-8-4-5-12(19)11-6-7-16-15(21)17-11/h6-7,12H,3-5,8H2,1-2H3,(H,16,17,21). The van der Waals surface area contributed by atoms with E-state index in [1.807, 2.05) is 6.92 Å². The third-order valence-electron chi connectivity index (χ3n) is 4.05. The molecule has 7 nitrogen and oxygen atoms in total. The topological polar surface area (TPSA) is 92.1 Å². The normalized spacial score (nSPS) is 17.9. The Morgan fingerprint density at radius 1 is 1.55 bits per heavy atom. The monoisotopic (exact) mass is 302 g/mol. The number of carbonyl (C=O) groups excluding carboxylic acids is 1. The van der Waals surface area contributed by atoms with Crippen molar-refractivity contribution >= 4 is 5.91 Å². The molecule has 1 aliphatic rings. The highest BCUT2D eigenvalue weighted by Crippen LogP contribution is 2.32. The third-order valence-corrected chi connectivity index (χ3v) is 4.05. The van der Waals surface area contributed by atoms with Gasteiger partial charge in [-0.05, 0) is 32.3 Å². The molecule has 7 heteroatoms. The van der Waals surface area contributed by atoms with E-state index in [1.165, 1.54) is 6.20 Å². The van der Waals surface area contributed by atoms with Crippen LogP contribution in [0.15, 0.2) is 21.6 Å². The van der Waals surface area contributed by atoms with E-state index < -0.39 is 5.69 Å². The van der Waals surface area contributed by atoms with Crippen molar-refractivity contribution in [2.24, 2.45) is 0 Å². The zero-order valence-electron chi connectivity index (χ0n) is 12.6. The highest BCUT2D eigenvalue weighted by atomic mass is 16.5. The van der Waals surface area contributed by atoms with Crippen LogP contribution in [-0.4, -0.2) is 32.5 Å². The fourth-order valence-corrected chi connectivity index (χ4v) is 2.99. The molecule has 3 heterocycles. The van der Waals surface area contributed by atoms with Gasteiger partial charge in [0, 0.05) is 18.4 Å². The first-order valence-electron chi connectivity index (χ1n) is 7.43. The second kappa shape index (κ2) is 5.75. The first-order chi connectivity index (χ1) is 10.6. The van der Waals surface area contributed by atoms with Gasteiger partial charge in [-0.25, -0.2) is 9.78 Å². The highest BCUT2D eigenvalue weighted by Gasteiger charge is 2.34. The molecule has 3 rings (SSSR count). The zero-order valence-corrected chi connectivity index (χ0v) is 12.6. The summed E-state index contributed by atoms with van der Waals surface area (Å²) in [5, 5.41) is 3.95. The van der Waals surface area contributed by atoms with Crippen LogP contribution in [0, 0.1) is 6.92 Å². The van der Waals surface area contributed by atoms with Crippen LogP contribution in [0.5, 0.6) is 0 Å². The van der Waals surface area contributed by atoms with Crippen LogP contribution in [0.25, 0.3) is 0 Å². The number of aromatic amines is 1. The Bertz CT molecular complexity index is 749. The number of nitrogens with one attached hydrogen (secondary N) is 1. The molecule has 1 fully saturated rings. The van der Waals surface area contributed by atoms with Gasteiger partial charge in [-0.2, -0.15) is 0 Å². The summed E-state index contributed by atoms with van der Waals surface area (Å²) in [7, 11) is 0. The van der Waals surface area contributed by atoms with E-state index in [0.29, 0.717) is 30.0 Å². The quantitative estimate of drug-likeness (QED) is 0.929. The maximum absolute atomic E-state index is 12.9. The summed E-state index contributed by atoms with van der Waals surface area (Å²) in [6.45, 7) is 4.34. The zero-order chi connectivity index (χ0) is 15.7. The van der Waals surface area contributed by atoms with Crippen molar-refractivity contribution < 1.29 is 9.32 Å². The number of likely N-dealkylation sites (tertiary alicyclic amines) is 1. The Balaban J connectivity index is 1.94. The lowest BCUT2D eigenvalue weighted by Gasteiger charge is -2.24. The van der Waals surface area contributed by atoms with E-state index >= 15 is 0 Å². The van der Waals surface area contributed by atoms with E-state index in [-0.39, 0.29) is 11.9 Å². The molecule has 0 aromatic carbocycles. The molecule has 0 aliphatic carbocycles. The van der Waals surface area contributed by atoms with Gasteiger partial charge in [0.15, 0.2) is 0 Å². The fourth-order valence-electron chi connectivity index (χ4n) is 2.99. The van der Waals surface area contributed by atoms with Gasteiger partial charge in [0.2, 0.25) is 0 Å². The summed E-state index contributed by atoms with van der Waals surface area (Å²) >= 11 is 0. The second-order valence-electron chi connectivity index (χ2n) is 5.40. The third kappa shape index (κ3) is 2.43. The minimum Gasteiger partial charge on any atom is -0.361 e. The molecule has 1 aliphatic heterocycles. The van der Waals surface area contributed by atoms with Crippen molar-refractivity contribution in [1.29, 1.82) is 0 Å². The van der Waals surface area contributed by atoms with Gasteiger partial charge >= 0.3 is 5.69 Å². The number of hydrogen-bond donors (Lipinski definition) is 1. The molecule has 0 radical (unpaired) electrons. The Kier molecular flexibility index (Phi) is 3.79. The fraction of sp³-hybridized carbons (Fsp3) is 0.467. The molecule has 1 amide bonds. The first kappa shape index (κ1) is 14.5. The predicted molar refractivity (Wildman–Crippen MR) is 78.5 cm³/mol. The van der Waals surface area contributed by atoms with Crippen LogP contribution >= 0.6 is 0 Å².